The number of aliphatic carboxylic acids is 1. The third-order valence-electron chi connectivity index (χ3n) is 2.20. The first kappa shape index (κ1) is 15.4. The SMILES string of the molecule is CN(C)CCS(=O)(=O)CCCCCC(=O)O. The van der Waals surface area contributed by atoms with E-state index in [-0.39, 0.29) is 17.9 Å². The molecule has 96 valence electrons. The zero-order valence-corrected chi connectivity index (χ0v) is 10.8. The van der Waals surface area contributed by atoms with Crippen LogP contribution in [0.2, 0.25) is 0 Å². The molecule has 5 nitrogen and oxygen atoms in total. The lowest BCUT2D eigenvalue weighted by molar-refractivity contribution is -0.137. The van der Waals surface area contributed by atoms with E-state index in [9.17, 15) is 13.2 Å². The monoisotopic (exact) mass is 251 g/mol. The van der Waals surface area contributed by atoms with E-state index in [0.29, 0.717) is 25.8 Å². The molecular formula is C10H21NO4S. The van der Waals surface area contributed by atoms with Crippen LogP contribution in [0.5, 0.6) is 0 Å². The quantitative estimate of drug-likeness (QED) is 0.608. The number of hydrogen-bond donors (Lipinski definition) is 1. The molecule has 0 radical (unpaired) electrons. The summed E-state index contributed by atoms with van der Waals surface area (Å²) in [7, 11) is 0.705. The van der Waals surface area contributed by atoms with E-state index in [2.05, 4.69) is 0 Å². The van der Waals surface area contributed by atoms with Gasteiger partial charge in [0.2, 0.25) is 0 Å². The molecule has 0 aliphatic carbocycles. The minimum absolute atomic E-state index is 0.123. The highest BCUT2D eigenvalue weighted by Gasteiger charge is 2.10. The van der Waals surface area contributed by atoms with Crippen molar-refractivity contribution in [1.82, 2.24) is 4.90 Å². The Morgan fingerprint density at radius 3 is 2.25 bits per heavy atom. The van der Waals surface area contributed by atoms with Crippen LogP contribution in [0.15, 0.2) is 0 Å². The number of sulfone groups is 1. The van der Waals surface area contributed by atoms with Crippen molar-refractivity contribution in [3.8, 4) is 0 Å². The van der Waals surface area contributed by atoms with Gasteiger partial charge in [0.15, 0.2) is 9.84 Å². The minimum atomic E-state index is -2.97. The molecule has 0 spiro atoms. The van der Waals surface area contributed by atoms with Gasteiger partial charge in [0.1, 0.15) is 0 Å². The number of nitrogens with zero attached hydrogens (tertiary/aromatic N) is 1. The first-order chi connectivity index (χ1) is 7.33. The molecule has 6 heteroatoms. The Morgan fingerprint density at radius 2 is 1.75 bits per heavy atom. The summed E-state index contributed by atoms with van der Waals surface area (Å²) in [5, 5.41) is 8.39. The second-order valence-corrected chi connectivity index (χ2v) is 6.46. The molecule has 0 amide bonds. The van der Waals surface area contributed by atoms with Crippen molar-refractivity contribution in [2.45, 2.75) is 25.7 Å². The molecule has 0 bridgehead atoms. The minimum Gasteiger partial charge on any atom is -0.481 e. The Kier molecular flexibility index (Phi) is 7.33. The van der Waals surface area contributed by atoms with Crippen LogP contribution in [0.25, 0.3) is 0 Å². The van der Waals surface area contributed by atoms with Gasteiger partial charge in [-0.1, -0.05) is 6.42 Å². The van der Waals surface area contributed by atoms with Gasteiger partial charge in [0.25, 0.3) is 0 Å². The first-order valence-corrected chi connectivity index (χ1v) is 7.22. The Morgan fingerprint density at radius 1 is 1.12 bits per heavy atom. The van der Waals surface area contributed by atoms with Crippen LogP contribution in [0, 0.1) is 0 Å². The molecule has 0 unspecified atom stereocenters. The fourth-order valence-electron chi connectivity index (χ4n) is 1.20. The second kappa shape index (κ2) is 7.62. The van der Waals surface area contributed by atoms with Gasteiger partial charge in [0.05, 0.1) is 11.5 Å². The zero-order valence-electron chi connectivity index (χ0n) is 9.98. The van der Waals surface area contributed by atoms with E-state index in [4.69, 9.17) is 5.11 Å². The largest absolute Gasteiger partial charge is 0.481 e. The standard InChI is InChI=1S/C10H21NO4S/c1-11(2)7-9-16(14,15)8-5-3-4-6-10(12)13/h3-9H2,1-2H3,(H,12,13). The van der Waals surface area contributed by atoms with E-state index in [1.807, 2.05) is 19.0 Å². The van der Waals surface area contributed by atoms with E-state index in [0.717, 1.165) is 0 Å². The smallest absolute Gasteiger partial charge is 0.303 e. The summed E-state index contributed by atoms with van der Waals surface area (Å²) in [6.07, 6.45) is 1.90. The van der Waals surface area contributed by atoms with Crippen LogP contribution in [0.3, 0.4) is 0 Å². The maximum Gasteiger partial charge on any atom is 0.303 e. The summed E-state index contributed by atoms with van der Waals surface area (Å²) in [4.78, 5) is 12.0. The lowest BCUT2D eigenvalue weighted by Crippen LogP contribution is -2.23. The molecule has 0 fully saturated rings. The van der Waals surface area contributed by atoms with E-state index in [1.54, 1.807) is 0 Å². The third-order valence-corrected chi connectivity index (χ3v) is 3.91. The summed E-state index contributed by atoms with van der Waals surface area (Å²) >= 11 is 0. The number of carboxylic acid groups (broad SMARTS) is 1. The second-order valence-electron chi connectivity index (χ2n) is 4.16. The molecule has 0 heterocycles. The van der Waals surface area contributed by atoms with Crippen molar-refractivity contribution >= 4 is 15.8 Å². The lowest BCUT2D eigenvalue weighted by atomic mass is 10.2. The average molecular weight is 251 g/mol. The topological polar surface area (TPSA) is 74.7 Å². The van der Waals surface area contributed by atoms with Gasteiger partial charge < -0.3 is 10.0 Å². The van der Waals surface area contributed by atoms with Crippen LogP contribution in [0.4, 0.5) is 0 Å². The lowest BCUT2D eigenvalue weighted by Gasteiger charge is -2.09. The molecule has 0 aromatic heterocycles. The van der Waals surface area contributed by atoms with Crippen LogP contribution < -0.4 is 0 Å². The Labute approximate surface area is 97.4 Å². The molecular weight excluding hydrogens is 230 g/mol. The Balaban J connectivity index is 3.62. The molecule has 0 aromatic carbocycles. The summed E-state index contributed by atoms with van der Waals surface area (Å²) in [6.45, 7) is 0.539. The number of unbranched alkanes of at least 4 members (excludes halogenated alkanes) is 2. The third kappa shape index (κ3) is 9.92. The van der Waals surface area contributed by atoms with Crippen molar-refractivity contribution in [3.05, 3.63) is 0 Å². The van der Waals surface area contributed by atoms with Crippen molar-refractivity contribution in [2.75, 3.05) is 32.1 Å². The van der Waals surface area contributed by atoms with Gasteiger partial charge in [-0.3, -0.25) is 4.79 Å². The molecule has 0 saturated carbocycles. The van der Waals surface area contributed by atoms with Gasteiger partial charge in [-0.05, 0) is 26.9 Å². The molecule has 0 rings (SSSR count). The molecule has 0 saturated heterocycles. The highest BCUT2D eigenvalue weighted by molar-refractivity contribution is 7.91. The Hall–Kier alpha value is -0.620. The molecule has 0 aromatic rings. The number of carbonyl (C=O) groups is 1. The van der Waals surface area contributed by atoms with Crippen LogP contribution in [-0.2, 0) is 14.6 Å². The van der Waals surface area contributed by atoms with E-state index >= 15 is 0 Å². The molecule has 0 aliphatic rings. The predicted octanol–water partition coefficient (Wildman–Crippen LogP) is 0.608. The fourth-order valence-corrected chi connectivity index (χ4v) is 2.69. The van der Waals surface area contributed by atoms with Crippen LogP contribution in [0.1, 0.15) is 25.7 Å². The van der Waals surface area contributed by atoms with Gasteiger partial charge in [-0.15, -0.1) is 0 Å². The fraction of sp³-hybridized carbons (Fsp3) is 0.900. The van der Waals surface area contributed by atoms with Crippen LogP contribution >= 0.6 is 0 Å². The van der Waals surface area contributed by atoms with E-state index < -0.39 is 15.8 Å². The molecule has 0 atom stereocenters. The van der Waals surface area contributed by atoms with Crippen molar-refractivity contribution in [2.24, 2.45) is 0 Å². The maximum absolute atomic E-state index is 11.5. The number of rotatable bonds is 9. The van der Waals surface area contributed by atoms with Gasteiger partial charge in [-0.2, -0.15) is 0 Å². The number of hydrogen-bond acceptors (Lipinski definition) is 4. The summed E-state index contributed by atoms with van der Waals surface area (Å²) in [5.74, 6) is -0.477. The zero-order chi connectivity index (χ0) is 12.6. The van der Waals surface area contributed by atoms with Crippen molar-refractivity contribution in [1.29, 1.82) is 0 Å². The summed E-state index contributed by atoms with van der Waals surface area (Å²) in [6, 6.07) is 0. The molecule has 16 heavy (non-hydrogen) atoms. The number of carboxylic acids is 1. The van der Waals surface area contributed by atoms with E-state index in [1.165, 1.54) is 0 Å². The highest BCUT2D eigenvalue weighted by Crippen LogP contribution is 2.03. The predicted molar refractivity (Wildman–Crippen MR) is 63.3 cm³/mol. The maximum atomic E-state index is 11.5. The Bertz CT molecular complexity index is 298. The van der Waals surface area contributed by atoms with Gasteiger partial charge in [0, 0.05) is 13.0 Å². The summed E-state index contributed by atoms with van der Waals surface area (Å²) in [5.41, 5.74) is 0. The molecule has 0 aliphatic heterocycles. The molecule has 1 N–H and O–H groups in total. The highest BCUT2D eigenvalue weighted by atomic mass is 32.2. The van der Waals surface area contributed by atoms with Crippen molar-refractivity contribution in [3.63, 3.8) is 0 Å². The average Bonchev–Trinajstić information content (AvgIpc) is 2.14. The summed E-state index contributed by atoms with van der Waals surface area (Å²) < 4.78 is 23.0. The van der Waals surface area contributed by atoms with Crippen molar-refractivity contribution < 1.29 is 18.3 Å². The first-order valence-electron chi connectivity index (χ1n) is 5.40. The van der Waals surface area contributed by atoms with Gasteiger partial charge in [-0.25, -0.2) is 8.42 Å². The van der Waals surface area contributed by atoms with Gasteiger partial charge >= 0.3 is 5.97 Å². The van der Waals surface area contributed by atoms with Crippen LogP contribution in [-0.4, -0.2) is 56.5 Å². The normalized spacial score (nSPS) is 11.9.